The highest BCUT2D eigenvalue weighted by molar-refractivity contribution is 9.10. The van der Waals surface area contributed by atoms with Crippen LogP contribution in [0.4, 0.5) is 0 Å². The van der Waals surface area contributed by atoms with E-state index in [-0.39, 0.29) is 0 Å². The predicted molar refractivity (Wildman–Crippen MR) is 81.2 cm³/mol. The molecule has 1 saturated heterocycles. The highest BCUT2D eigenvalue weighted by Gasteiger charge is 2.15. The first-order valence-electron chi connectivity index (χ1n) is 6.53. The van der Waals surface area contributed by atoms with Gasteiger partial charge in [-0.05, 0) is 37.1 Å². The summed E-state index contributed by atoms with van der Waals surface area (Å²) in [6.45, 7) is 5.89. The molecule has 0 bridgehead atoms. The van der Waals surface area contributed by atoms with Crippen LogP contribution in [0.2, 0.25) is 0 Å². The van der Waals surface area contributed by atoms with E-state index in [1.807, 2.05) is 11.8 Å². The summed E-state index contributed by atoms with van der Waals surface area (Å²) in [6, 6.07) is 6.69. The van der Waals surface area contributed by atoms with E-state index in [0.29, 0.717) is 5.25 Å². The third-order valence-electron chi connectivity index (χ3n) is 3.06. The molecule has 0 atom stereocenters. The topological polar surface area (TPSA) is 21.3 Å². The fourth-order valence-electron chi connectivity index (χ4n) is 1.99. The van der Waals surface area contributed by atoms with Crippen LogP contribution >= 0.6 is 27.7 Å². The van der Waals surface area contributed by atoms with Crippen LogP contribution in [0.5, 0.6) is 0 Å². The van der Waals surface area contributed by atoms with Gasteiger partial charge in [-0.2, -0.15) is 0 Å². The molecule has 4 heteroatoms. The van der Waals surface area contributed by atoms with Gasteiger partial charge in [-0.15, -0.1) is 11.8 Å². The van der Waals surface area contributed by atoms with Crippen LogP contribution in [0.15, 0.2) is 27.6 Å². The van der Waals surface area contributed by atoms with Crippen LogP contribution in [0.25, 0.3) is 0 Å². The Morgan fingerprint density at radius 1 is 1.39 bits per heavy atom. The van der Waals surface area contributed by atoms with Crippen molar-refractivity contribution in [1.82, 2.24) is 5.32 Å². The molecule has 0 radical (unpaired) electrons. The summed E-state index contributed by atoms with van der Waals surface area (Å²) >= 11 is 5.64. The second-order valence-electron chi connectivity index (χ2n) is 4.46. The number of hydrogen-bond acceptors (Lipinski definition) is 3. The molecule has 1 aliphatic rings. The van der Waals surface area contributed by atoms with Crippen molar-refractivity contribution in [2.24, 2.45) is 0 Å². The van der Waals surface area contributed by atoms with E-state index in [1.165, 1.54) is 27.8 Å². The number of benzene rings is 1. The standard InChI is InChI=1S/C14H20BrNOS/c1-2-16-10-11-3-4-13(9-14(11)15)18-12-5-7-17-8-6-12/h3-4,9,12,16H,2,5-8,10H2,1H3. The summed E-state index contributed by atoms with van der Waals surface area (Å²) < 4.78 is 6.60. The highest BCUT2D eigenvalue weighted by atomic mass is 79.9. The summed E-state index contributed by atoms with van der Waals surface area (Å²) in [5.74, 6) is 0. The summed E-state index contributed by atoms with van der Waals surface area (Å²) in [6.07, 6.45) is 2.34. The van der Waals surface area contributed by atoms with Gasteiger partial charge in [-0.25, -0.2) is 0 Å². The van der Waals surface area contributed by atoms with Crippen molar-refractivity contribution in [3.05, 3.63) is 28.2 Å². The van der Waals surface area contributed by atoms with E-state index in [1.54, 1.807) is 0 Å². The Balaban J connectivity index is 1.94. The maximum absolute atomic E-state index is 5.39. The van der Waals surface area contributed by atoms with Crippen LogP contribution in [0.3, 0.4) is 0 Å². The van der Waals surface area contributed by atoms with Gasteiger partial charge in [-0.3, -0.25) is 0 Å². The fraction of sp³-hybridized carbons (Fsp3) is 0.571. The van der Waals surface area contributed by atoms with Crippen molar-refractivity contribution in [1.29, 1.82) is 0 Å². The van der Waals surface area contributed by atoms with Gasteiger partial charge in [0.05, 0.1) is 0 Å². The molecule has 1 fully saturated rings. The molecular formula is C14H20BrNOS. The van der Waals surface area contributed by atoms with Gasteiger partial charge in [0.2, 0.25) is 0 Å². The van der Waals surface area contributed by atoms with Crippen molar-refractivity contribution in [2.75, 3.05) is 19.8 Å². The smallest absolute Gasteiger partial charge is 0.0476 e. The second kappa shape index (κ2) is 7.53. The molecule has 0 aromatic heterocycles. The first kappa shape index (κ1) is 14.4. The molecule has 1 heterocycles. The molecule has 0 spiro atoms. The Morgan fingerprint density at radius 3 is 2.83 bits per heavy atom. The third kappa shape index (κ3) is 4.26. The van der Waals surface area contributed by atoms with Gasteiger partial charge >= 0.3 is 0 Å². The molecule has 0 aliphatic carbocycles. The Labute approximate surface area is 122 Å². The minimum atomic E-state index is 0.713. The van der Waals surface area contributed by atoms with E-state index in [9.17, 15) is 0 Å². The van der Waals surface area contributed by atoms with Crippen LogP contribution in [-0.4, -0.2) is 25.0 Å². The summed E-state index contributed by atoms with van der Waals surface area (Å²) in [5, 5.41) is 4.07. The Bertz CT molecular complexity index is 380. The molecule has 1 aliphatic heterocycles. The molecule has 18 heavy (non-hydrogen) atoms. The van der Waals surface area contributed by atoms with Crippen molar-refractivity contribution in [3.8, 4) is 0 Å². The quantitative estimate of drug-likeness (QED) is 0.887. The number of rotatable bonds is 5. The third-order valence-corrected chi connectivity index (χ3v) is 5.13. The first-order valence-corrected chi connectivity index (χ1v) is 8.20. The van der Waals surface area contributed by atoms with E-state index in [0.717, 1.165) is 26.3 Å². The lowest BCUT2D eigenvalue weighted by Gasteiger charge is -2.21. The maximum Gasteiger partial charge on any atom is 0.0476 e. The van der Waals surface area contributed by atoms with Gasteiger partial charge in [0.25, 0.3) is 0 Å². The summed E-state index contributed by atoms with van der Waals surface area (Å²) in [4.78, 5) is 1.36. The number of hydrogen-bond donors (Lipinski definition) is 1. The first-order chi connectivity index (χ1) is 8.79. The second-order valence-corrected chi connectivity index (χ2v) is 6.69. The van der Waals surface area contributed by atoms with Gasteiger partial charge in [0, 0.05) is 34.4 Å². The number of ether oxygens (including phenoxy) is 1. The molecule has 100 valence electrons. The molecule has 1 aromatic rings. The zero-order chi connectivity index (χ0) is 12.8. The number of nitrogens with one attached hydrogen (secondary N) is 1. The molecule has 1 aromatic carbocycles. The number of thioether (sulfide) groups is 1. The zero-order valence-electron chi connectivity index (χ0n) is 10.7. The van der Waals surface area contributed by atoms with Crippen LogP contribution in [-0.2, 0) is 11.3 Å². The minimum Gasteiger partial charge on any atom is -0.381 e. The lowest BCUT2D eigenvalue weighted by atomic mass is 10.2. The minimum absolute atomic E-state index is 0.713. The van der Waals surface area contributed by atoms with Gasteiger partial charge in [0.1, 0.15) is 0 Å². The van der Waals surface area contributed by atoms with Gasteiger partial charge in [-0.1, -0.05) is 28.9 Å². The zero-order valence-corrected chi connectivity index (χ0v) is 13.1. The Hall–Kier alpha value is -0.0300. The SMILES string of the molecule is CCNCc1ccc(SC2CCOCC2)cc1Br. The van der Waals surface area contributed by atoms with Crippen LogP contribution in [0, 0.1) is 0 Å². The van der Waals surface area contributed by atoms with Gasteiger partial charge in [0.15, 0.2) is 0 Å². The summed E-state index contributed by atoms with van der Waals surface area (Å²) in [7, 11) is 0. The van der Waals surface area contributed by atoms with Crippen LogP contribution in [0.1, 0.15) is 25.3 Å². The highest BCUT2D eigenvalue weighted by Crippen LogP contribution is 2.32. The molecule has 1 N–H and O–H groups in total. The predicted octanol–water partition coefficient (Wildman–Crippen LogP) is 3.83. The molecule has 0 unspecified atom stereocenters. The largest absolute Gasteiger partial charge is 0.381 e. The van der Waals surface area contributed by atoms with E-state index in [2.05, 4.69) is 46.4 Å². The average molecular weight is 330 g/mol. The van der Waals surface area contributed by atoms with Crippen molar-refractivity contribution in [3.63, 3.8) is 0 Å². The van der Waals surface area contributed by atoms with Gasteiger partial charge < -0.3 is 10.1 Å². The maximum atomic E-state index is 5.39. The van der Waals surface area contributed by atoms with E-state index >= 15 is 0 Å². The average Bonchev–Trinajstić information content (AvgIpc) is 2.39. The Kier molecular flexibility index (Phi) is 6.02. The van der Waals surface area contributed by atoms with Crippen molar-refractivity contribution in [2.45, 2.75) is 36.5 Å². The lowest BCUT2D eigenvalue weighted by molar-refractivity contribution is 0.100. The van der Waals surface area contributed by atoms with E-state index in [4.69, 9.17) is 4.74 Å². The normalized spacial score (nSPS) is 17.0. The van der Waals surface area contributed by atoms with E-state index < -0.39 is 0 Å². The summed E-state index contributed by atoms with van der Waals surface area (Å²) in [5.41, 5.74) is 1.33. The number of halogens is 1. The lowest BCUT2D eigenvalue weighted by Crippen LogP contribution is -2.17. The molecule has 2 rings (SSSR count). The van der Waals surface area contributed by atoms with Crippen molar-refractivity contribution < 1.29 is 4.74 Å². The molecule has 0 saturated carbocycles. The fourth-order valence-corrected chi connectivity index (χ4v) is 3.81. The monoisotopic (exact) mass is 329 g/mol. The Morgan fingerprint density at radius 2 is 2.17 bits per heavy atom. The van der Waals surface area contributed by atoms with Crippen LogP contribution < -0.4 is 5.32 Å². The molecular weight excluding hydrogens is 310 g/mol. The molecule has 0 amide bonds. The molecule has 2 nitrogen and oxygen atoms in total. The van der Waals surface area contributed by atoms with Crippen molar-refractivity contribution >= 4 is 27.7 Å².